The average Bonchev–Trinajstić information content (AvgIpc) is 2.57. The monoisotopic (exact) mass is 345 g/mol. The number of benzene rings is 1. The van der Waals surface area contributed by atoms with Gasteiger partial charge in [0.15, 0.2) is 0 Å². The second-order valence-electron chi connectivity index (χ2n) is 5.65. The lowest BCUT2D eigenvalue weighted by atomic mass is 10.0. The molecule has 1 N–H and O–H groups in total. The van der Waals surface area contributed by atoms with Gasteiger partial charge < -0.3 is 10.1 Å². The van der Waals surface area contributed by atoms with E-state index in [0.717, 1.165) is 23.4 Å². The van der Waals surface area contributed by atoms with Crippen LogP contribution in [0.15, 0.2) is 42.7 Å². The molecular formula is C18H20ClN3O2. The van der Waals surface area contributed by atoms with Gasteiger partial charge >= 0.3 is 0 Å². The summed E-state index contributed by atoms with van der Waals surface area (Å²) in [5.41, 5.74) is 1.83. The molecule has 1 aliphatic heterocycles. The molecular weight excluding hydrogens is 326 g/mol. The summed E-state index contributed by atoms with van der Waals surface area (Å²) in [6.07, 6.45) is 3.50. The molecule has 0 bridgehead atoms. The highest BCUT2D eigenvalue weighted by Crippen LogP contribution is 2.30. The van der Waals surface area contributed by atoms with E-state index in [2.05, 4.69) is 15.2 Å². The van der Waals surface area contributed by atoms with E-state index in [-0.39, 0.29) is 5.91 Å². The minimum absolute atomic E-state index is 0.0247. The van der Waals surface area contributed by atoms with Crippen LogP contribution in [0.25, 0.3) is 0 Å². The van der Waals surface area contributed by atoms with Gasteiger partial charge in [-0.3, -0.25) is 14.7 Å². The van der Waals surface area contributed by atoms with E-state index in [9.17, 15) is 4.79 Å². The number of carbonyl (C=O) groups excluding carboxylic acids is 1. The van der Waals surface area contributed by atoms with Gasteiger partial charge in [0.05, 0.1) is 12.8 Å². The van der Waals surface area contributed by atoms with E-state index in [4.69, 9.17) is 16.3 Å². The number of piperazine rings is 1. The quantitative estimate of drug-likeness (QED) is 0.905. The zero-order valence-electron chi connectivity index (χ0n) is 13.5. The predicted octanol–water partition coefficient (Wildman–Crippen LogP) is 2.81. The van der Waals surface area contributed by atoms with Crippen molar-refractivity contribution in [2.45, 2.75) is 19.5 Å². The van der Waals surface area contributed by atoms with E-state index in [1.54, 1.807) is 12.4 Å². The van der Waals surface area contributed by atoms with Crippen LogP contribution in [-0.2, 0) is 11.3 Å². The predicted molar refractivity (Wildman–Crippen MR) is 93.0 cm³/mol. The fourth-order valence-electron chi connectivity index (χ4n) is 2.95. The lowest BCUT2D eigenvalue weighted by molar-refractivity contribution is -0.129. The van der Waals surface area contributed by atoms with Crippen LogP contribution in [0.3, 0.4) is 0 Å². The number of pyridine rings is 1. The number of ether oxygens (including phenoxy) is 1. The molecule has 1 aromatic heterocycles. The molecule has 1 aliphatic rings. The van der Waals surface area contributed by atoms with Crippen molar-refractivity contribution >= 4 is 17.5 Å². The minimum Gasteiger partial charge on any atom is -0.492 e. The Balaban J connectivity index is 1.86. The molecule has 126 valence electrons. The highest BCUT2D eigenvalue weighted by atomic mass is 35.5. The number of rotatable bonds is 5. The SMILES string of the molecule is CCOc1cncc(CN2CCNC(=O)C2c2ccccc2Cl)c1. The number of amides is 1. The summed E-state index contributed by atoms with van der Waals surface area (Å²) in [5.74, 6) is 0.717. The van der Waals surface area contributed by atoms with E-state index in [1.165, 1.54) is 0 Å². The second-order valence-corrected chi connectivity index (χ2v) is 6.05. The van der Waals surface area contributed by atoms with Gasteiger partial charge in [0, 0.05) is 30.9 Å². The van der Waals surface area contributed by atoms with Crippen molar-refractivity contribution in [3.63, 3.8) is 0 Å². The molecule has 1 fully saturated rings. The molecule has 0 aliphatic carbocycles. The number of nitrogens with zero attached hydrogens (tertiary/aromatic N) is 2. The summed E-state index contributed by atoms with van der Waals surface area (Å²) in [4.78, 5) is 18.8. The molecule has 1 saturated heterocycles. The smallest absolute Gasteiger partial charge is 0.242 e. The van der Waals surface area contributed by atoms with Crippen molar-refractivity contribution in [1.82, 2.24) is 15.2 Å². The summed E-state index contributed by atoms with van der Waals surface area (Å²) in [7, 11) is 0. The first kappa shape index (κ1) is 16.7. The minimum atomic E-state index is -0.400. The van der Waals surface area contributed by atoms with Crippen molar-refractivity contribution in [1.29, 1.82) is 0 Å². The Labute approximate surface area is 146 Å². The summed E-state index contributed by atoms with van der Waals surface area (Å²) >= 11 is 6.32. The van der Waals surface area contributed by atoms with Crippen LogP contribution in [0.2, 0.25) is 5.02 Å². The molecule has 1 aromatic carbocycles. The Morgan fingerprint density at radius 2 is 2.21 bits per heavy atom. The van der Waals surface area contributed by atoms with Crippen molar-refractivity contribution < 1.29 is 9.53 Å². The van der Waals surface area contributed by atoms with Gasteiger partial charge in [0.2, 0.25) is 5.91 Å². The number of aromatic nitrogens is 1. The molecule has 3 rings (SSSR count). The van der Waals surface area contributed by atoms with Gasteiger partial charge in [-0.15, -0.1) is 0 Å². The summed E-state index contributed by atoms with van der Waals surface area (Å²) in [6, 6.07) is 9.05. The van der Waals surface area contributed by atoms with Gasteiger partial charge in [-0.2, -0.15) is 0 Å². The third-order valence-electron chi connectivity index (χ3n) is 3.98. The maximum absolute atomic E-state index is 12.5. The van der Waals surface area contributed by atoms with Crippen molar-refractivity contribution in [2.75, 3.05) is 19.7 Å². The van der Waals surface area contributed by atoms with Gasteiger partial charge in [0.25, 0.3) is 0 Å². The van der Waals surface area contributed by atoms with Crippen molar-refractivity contribution in [3.8, 4) is 5.75 Å². The molecule has 0 radical (unpaired) electrons. The molecule has 1 unspecified atom stereocenters. The normalized spacial score (nSPS) is 18.2. The lowest BCUT2D eigenvalue weighted by Crippen LogP contribution is -2.49. The molecule has 5 nitrogen and oxygen atoms in total. The van der Waals surface area contributed by atoms with E-state index in [1.807, 2.05) is 37.3 Å². The summed E-state index contributed by atoms with van der Waals surface area (Å²) < 4.78 is 5.51. The highest BCUT2D eigenvalue weighted by Gasteiger charge is 2.32. The number of halogens is 1. The zero-order chi connectivity index (χ0) is 16.9. The standard InChI is InChI=1S/C18H20ClN3O2/c1-2-24-14-9-13(10-20-11-14)12-22-8-7-21-18(23)17(22)15-5-3-4-6-16(15)19/h3-6,9-11,17H,2,7-8,12H2,1H3,(H,21,23). The third-order valence-corrected chi connectivity index (χ3v) is 4.32. The van der Waals surface area contributed by atoms with Crippen molar-refractivity contribution in [3.05, 3.63) is 58.9 Å². The Morgan fingerprint density at radius 1 is 1.38 bits per heavy atom. The van der Waals surface area contributed by atoms with Crippen LogP contribution in [0.4, 0.5) is 0 Å². The maximum atomic E-state index is 12.5. The van der Waals surface area contributed by atoms with Crippen LogP contribution in [0.5, 0.6) is 5.75 Å². The molecule has 24 heavy (non-hydrogen) atoms. The number of hydrogen-bond donors (Lipinski definition) is 1. The summed E-state index contributed by atoms with van der Waals surface area (Å²) in [6.45, 7) is 4.52. The van der Waals surface area contributed by atoms with Crippen molar-refractivity contribution in [2.24, 2.45) is 0 Å². The molecule has 0 spiro atoms. The van der Waals surface area contributed by atoms with Crippen LogP contribution in [-0.4, -0.2) is 35.5 Å². The van der Waals surface area contributed by atoms with Crippen LogP contribution in [0.1, 0.15) is 24.1 Å². The van der Waals surface area contributed by atoms with Gasteiger partial charge in [-0.25, -0.2) is 0 Å². The van der Waals surface area contributed by atoms with E-state index < -0.39 is 6.04 Å². The third kappa shape index (κ3) is 3.68. The van der Waals surface area contributed by atoms with Gasteiger partial charge in [-0.1, -0.05) is 29.8 Å². The molecule has 1 amide bonds. The molecule has 0 saturated carbocycles. The van der Waals surface area contributed by atoms with Crippen LogP contribution >= 0.6 is 11.6 Å². The largest absolute Gasteiger partial charge is 0.492 e. The van der Waals surface area contributed by atoms with E-state index >= 15 is 0 Å². The van der Waals surface area contributed by atoms with Gasteiger partial charge in [0.1, 0.15) is 11.8 Å². The molecule has 6 heteroatoms. The van der Waals surface area contributed by atoms with E-state index in [0.29, 0.717) is 24.7 Å². The Bertz CT molecular complexity index is 723. The highest BCUT2D eigenvalue weighted by molar-refractivity contribution is 6.31. The first-order valence-electron chi connectivity index (χ1n) is 8.02. The van der Waals surface area contributed by atoms with Gasteiger partial charge in [-0.05, 0) is 30.2 Å². The van der Waals surface area contributed by atoms with Crippen LogP contribution < -0.4 is 10.1 Å². The zero-order valence-corrected chi connectivity index (χ0v) is 14.3. The Morgan fingerprint density at radius 3 is 3.00 bits per heavy atom. The summed E-state index contributed by atoms with van der Waals surface area (Å²) in [5, 5.41) is 3.53. The molecule has 2 aromatic rings. The topological polar surface area (TPSA) is 54.5 Å². The molecule has 1 atom stereocenters. The fraction of sp³-hybridized carbons (Fsp3) is 0.333. The average molecular weight is 346 g/mol. The fourth-order valence-corrected chi connectivity index (χ4v) is 3.19. The number of carbonyl (C=O) groups is 1. The maximum Gasteiger partial charge on any atom is 0.242 e. The lowest BCUT2D eigenvalue weighted by Gasteiger charge is -2.35. The molecule has 2 heterocycles. The van der Waals surface area contributed by atoms with Crippen LogP contribution in [0, 0.1) is 0 Å². The second kappa shape index (κ2) is 7.64. The first-order chi connectivity index (χ1) is 11.7. The first-order valence-corrected chi connectivity index (χ1v) is 8.39. The Kier molecular flexibility index (Phi) is 5.33. The number of nitrogens with one attached hydrogen (secondary N) is 1. The number of hydrogen-bond acceptors (Lipinski definition) is 4. The Hall–Kier alpha value is -2.11.